The Labute approximate surface area is 131 Å². The molecule has 0 spiro atoms. The van der Waals surface area contributed by atoms with Crippen LogP contribution in [-0.4, -0.2) is 49.6 Å². The number of guanidine groups is 1. The summed E-state index contributed by atoms with van der Waals surface area (Å²) in [4.78, 5) is 7.39. The topological polar surface area (TPSA) is 39.7 Å². The van der Waals surface area contributed by atoms with Crippen LogP contribution in [0.5, 0.6) is 0 Å². The predicted molar refractivity (Wildman–Crippen MR) is 92.9 cm³/mol. The fourth-order valence-corrected chi connectivity index (χ4v) is 2.63. The van der Waals surface area contributed by atoms with E-state index in [-0.39, 0.29) is 0 Å². The zero-order valence-corrected chi connectivity index (χ0v) is 14.8. The minimum Gasteiger partial charge on any atom is -0.357 e. The average molecular weight is 297 g/mol. The lowest BCUT2D eigenvalue weighted by Crippen LogP contribution is -2.44. The molecule has 0 aromatic heterocycles. The van der Waals surface area contributed by atoms with Gasteiger partial charge in [-0.15, -0.1) is 0 Å². The van der Waals surface area contributed by atoms with Crippen LogP contribution in [0.2, 0.25) is 0 Å². The fraction of sp³-hybridized carbons (Fsp3) is 0.941. The Morgan fingerprint density at radius 1 is 1.19 bits per heavy atom. The van der Waals surface area contributed by atoms with Gasteiger partial charge in [-0.05, 0) is 64.6 Å². The summed E-state index contributed by atoms with van der Waals surface area (Å²) in [7, 11) is 0. The van der Waals surface area contributed by atoms with Gasteiger partial charge in [0.1, 0.15) is 0 Å². The van der Waals surface area contributed by atoms with Gasteiger partial charge in [-0.1, -0.05) is 20.8 Å². The molecule has 21 heavy (non-hydrogen) atoms. The third kappa shape index (κ3) is 7.16. The summed E-state index contributed by atoms with van der Waals surface area (Å²) in [6.07, 6.45) is 3.86. The summed E-state index contributed by atoms with van der Waals surface area (Å²) < 4.78 is 0. The third-order valence-electron chi connectivity index (χ3n) is 4.46. The molecule has 0 bridgehead atoms. The van der Waals surface area contributed by atoms with Gasteiger partial charge in [0.15, 0.2) is 5.96 Å². The molecule has 0 aromatic carbocycles. The van der Waals surface area contributed by atoms with Gasteiger partial charge in [0.05, 0.1) is 0 Å². The second kappa shape index (κ2) is 10.0. The van der Waals surface area contributed by atoms with E-state index >= 15 is 0 Å². The first-order valence-electron chi connectivity index (χ1n) is 8.84. The van der Waals surface area contributed by atoms with Gasteiger partial charge in [0.2, 0.25) is 0 Å². The lowest BCUT2D eigenvalue weighted by Gasteiger charge is -2.31. The molecule has 1 heterocycles. The van der Waals surface area contributed by atoms with Crippen molar-refractivity contribution < 1.29 is 0 Å². The number of likely N-dealkylation sites (tertiary alicyclic amines) is 1. The van der Waals surface area contributed by atoms with Gasteiger partial charge in [-0.3, -0.25) is 4.99 Å². The van der Waals surface area contributed by atoms with Crippen molar-refractivity contribution in [3.8, 4) is 0 Å². The highest BCUT2D eigenvalue weighted by Gasteiger charge is 2.18. The normalized spacial score (nSPS) is 19.8. The van der Waals surface area contributed by atoms with Crippen LogP contribution in [0.4, 0.5) is 0 Å². The first-order chi connectivity index (χ1) is 10.1. The van der Waals surface area contributed by atoms with Crippen molar-refractivity contribution in [2.75, 3.05) is 32.7 Å². The Balaban J connectivity index is 2.40. The molecule has 0 amide bonds. The molecule has 1 unspecified atom stereocenters. The first kappa shape index (κ1) is 18.3. The van der Waals surface area contributed by atoms with E-state index in [2.05, 4.69) is 50.2 Å². The third-order valence-corrected chi connectivity index (χ3v) is 4.46. The molecular weight excluding hydrogens is 260 g/mol. The standard InChI is InChI=1S/C17H36N4/c1-6-10-21-11-8-16(9-12-21)13-19-17(18-7-2)20-15(5)14(3)4/h14-16H,6-13H2,1-5H3,(H2,18,19,20). The van der Waals surface area contributed by atoms with Crippen molar-refractivity contribution >= 4 is 5.96 Å². The Kier molecular flexibility index (Phi) is 8.74. The smallest absolute Gasteiger partial charge is 0.191 e. The molecule has 1 rings (SSSR count). The molecule has 1 fully saturated rings. The van der Waals surface area contributed by atoms with Crippen LogP contribution < -0.4 is 10.6 Å². The van der Waals surface area contributed by atoms with Gasteiger partial charge < -0.3 is 15.5 Å². The highest BCUT2D eigenvalue weighted by atomic mass is 15.2. The maximum atomic E-state index is 4.81. The number of hydrogen-bond donors (Lipinski definition) is 2. The van der Waals surface area contributed by atoms with Crippen LogP contribution in [0.15, 0.2) is 4.99 Å². The van der Waals surface area contributed by atoms with Crippen molar-refractivity contribution in [2.45, 2.75) is 59.9 Å². The summed E-state index contributed by atoms with van der Waals surface area (Å²) in [6.45, 7) is 16.7. The quantitative estimate of drug-likeness (QED) is 0.560. The SMILES string of the molecule is CCCN1CCC(CN=C(NCC)NC(C)C(C)C)CC1. The van der Waals surface area contributed by atoms with Crippen molar-refractivity contribution in [3.63, 3.8) is 0 Å². The maximum absolute atomic E-state index is 4.81. The van der Waals surface area contributed by atoms with Gasteiger partial charge in [-0.25, -0.2) is 0 Å². The van der Waals surface area contributed by atoms with Crippen molar-refractivity contribution in [1.29, 1.82) is 0 Å². The molecule has 0 radical (unpaired) electrons. The van der Waals surface area contributed by atoms with E-state index in [1.807, 2.05) is 0 Å². The second-order valence-electron chi connectivity index (χ2n) is 6.68. The van der Waals surface area contributed by atoms with Gasteiger partial charge in [0, 0.05) is 19.1 Å². The zero-order chi connectivity index (χ0) is 15.7. The van der Waals surface area contributed by atoms with Crippen LogP contribution in [0.25, 0.3) is 0 Å². The number of hydrogen-bond acceptors (Lipinski definition) is 2. The number of piperidine rings is 1. The summed E-state index contributed by atoms with van der Waals surface area (Å²) in [5, 5.41) is 6.88. The monoisotopic (exact) mass is 296 g/mol. The minimum atomic E-state index is 0.453. The molecule has 1 saturated heterocycles. The Hall–Kier alpha value is -0.770. The lowest BCUT2D eigenvalue weighted by atomic mass is 9.97. The minimum absolute atomic E-state index is 0.453. The first-order valence-corrected chi connectivity index (χ1v) is 8.84. The molecule has 1 aliphatic rings. The fourth-order valence-electron chi connectivity index (χ4n) is 2.63. The van der Waals surface area contributed by atoms with Crippen LogP contribution in [0.3, 0.4) is 0 Å². The van der Waals surface area contributed by atoms with E-state index in [0.29, 0.717) is 12.0 Å². The molecule has 0 aromatic rings. The molecule has 0 aliphatic carbocycles. The Bertz CT molecular complexity index is 293. The molecule has 1 aliphatic heterocycles. The Morgan fingerprint density at radius 3 is 2.38 bits per heavy atom. The zero-order valence-electron chi connectivity index (χ0n) is 14.8. The van der Waals surface area contributed by atoms with Crippen LogP contribution in [0, 0.1) is 11.8 Å². The molecule has 2 N–H and O–H groups in total. The molecule has 1 atom stereocenters. The van der Waals surface area contributed by atoms with E-state index in [9.17, 15) is 0 Å². The number of aliphatic imine (C=N–C) groups is 1. The summed E-state index contributed by atoms with van der Waals surface area (Å²) in [5.41, 5.74) is 0. The van der Waals surface area contributed by atoms with E-state index in [1.54, 1.807) is 0 Å². The van der Waals surface area contributed by atoms with E-state index in [1.165, 1.54) is 38.9 Å². The Morgan fingerprint density at radius 2 is 1.86 bits per heavy atom. The van der Waals surface area contributed by atoms with E-state index in [0.717, 1.165) is 25.0 Å². The predicted octanol–water partition coefficient (Wildman–Crippen LogP) is 2.71. The summed E-state index contributed by atoms with van der Waals surface area (Å²) in [6, 6.07) is 0.453. The molecule has 4 nitrogen and oxygen atoms in total. The van der Waals surface area contributed by atoms with Crippen LogP contribution in [-0.2, 0) is 0 Å². The van der Waals surface area contributed by atoms with E-state index in [4.69, 9.17) is 4.99 Å². The van der Waals surface area contributed by atoms with Crippen molar-refractivity contribution in [3.05, 3.63) is 0 Å². The largest absolute Gasteiger partial charge is 0.357 e. The molecule has 4 heteroatoms. The van der Waals surface area contributed by atoms with Gasteiger partial charge in [0.25, 0.3) is 0 Å². The summed E-state index contributed by atoms with van der Waals surface area (Å²) in [5.74, 6) is 2.35. The second-order valence-corrected chi connectivity index (χ2v) is 6.68. The molecule has 124 valence electrons. The maximum Gasteiger partial charge on any atom is 0.191 e. The van der Waals surface area contributed by atoms with E-state index < -0.39 is 0 Å². The number of rotatable bonds is 7. The average Bonchev–Trinajstić information content (AvgIpc) is 2.46. The van der Waals surface area contributed by atoms with Gasteiger partial charge in [-0.2, -0.15) is 0 Å². The lowest BCUT2D eigenvalue weighted by molar-refractivity contribution is 0.188. The molecular formula is C17H36N4. The highest BCUT2D eigenvalue weighted by molar-refractivity contribution is 5.80. The number of nitrogens with one attached hydrogen (secondary N) is 2. The summed E-state index contributed by atoms with van der Waals surface area (Å²) >= 11 is 0. The van der Waals surface area contributed by atoms with Crippen molar-refractivity contribution in [2.24, 2.45) is 16.8 Å². The van der Waals surface area contributed by atoms with Gasteiger partial charge >= 0.3 is 0 Å². The highest BCUT2D eigenvalue weighted by Crippen LogP contribution is 2.17. The number of nitrogens with zero attached hydrogens (tertiary/aromatic N) is 2. The van der Waals surface area contributed by atoms with Crippen molar-refractivity contribution in [1.82, 2.24) is 15.5 Å². The van der Waals surface area contributed by atoms with Crippen LogP contribution in [0.1, 0.15) is 53.9 Å². The van der Waals surface area contributed by atoms with Crippen LogP contribution >= 0.6 is 0 Å². The molecule has 0 saturated carbocycles.